The molecule has 0 radical (unpaired) electrons. The van der Waals surface area contributed by atoms with Crippen molar-refractivity contribution >= 4 is 27.5 Å². The number of halogens is 1. The molecule has 0 spiro atoms. The molecule has 0 saturated carbocycles. The third-order valence-electron chi connectivity index (χ3n) is 5.50. The third kappa shape index (κ3) is 6.78. The van der Waals surface area contributed by atoms with Crippen molar-refractivity contribution < 1.29 is 13.2 Å². The molecule has 6 nitrogen and oxygen atoms in total. The van der Waals surface area contributed by atoms with Crippen LogP contribution >= 0.6 is 11.6 Å². The van der Waals surface area contributed by atoms with E-state index in [2.05, 4.69) is 19.2 Å². The number of nitrogens with one attached hydrogen (secondary N) is 1. The number of piperazine rings is 1. The van der Waals surface area contributed by atoms with Crippen LogP contribution in [-0.4, -0.2) is 56.3 Å². The molecule has 2 aromatic carbocycles. The van der Waals surface area contributed by atoms with Crippen molar-refractivity contribution in [2.75, 3.05) is 32.7 Å². The van der Waals surface area contributed by atoms with Gasteiger partial charge in [-0.2, -0.15) is 4.31 Å². The third-order valence-corrected chi connectivity index (χ3v) is 7.59. The molecule has 0 bridgehead atoms. The highest BCUT2D eigenvalue weighted by Gasteiger charge is 2.26. The second-order valence-electron chi connectivity index (χ2n) is 8.59. The summed E-state index contributed by atoms with van der Waals surface area (Å²) in [6.07, 6.45) is 1.04. The molecule has 0 atom stereocenters. The number of hydrogen-bond acceptors (Lipinski definition) is 4. The van der Waals surface area contributed by atoms with Gasteiger partial charge in [0.05, 0.1) is 4.90 Å². The van der Waals surface area contributed by atoms with E-state index >= 15 is 0 Å². The number of amides is 1. The zero-order valence-electron chi connectivity index (χ0n) is 18.8. The van der Waals surface area contributed by atoms with E-state index in [0.717, 1.165) is 30.6 Å². The molecule has 1 aliphatic heterocycles. The van der Waals surface area contributed by atoms with E-state index in [9.17, 15) is 13.2 Å². The Morgan fingerprint density at radius 3 is 2.41 bits per heavy atom. The quantitative estimate of drug-likeness (QED) is 0.599. The van der Waals surface area contributed by atoms with E-state index < -0.39 is 10.0 Å². The maximum Gasteiger partial charge on any atom is 0.243 e. The molecule has 8 heteroatoms. The van der Waals surface area contributed by atoms with Crippen LogP contribution in [0.25, 0.3) is 0 Å². The van der Waals surface area contributed by atoms with Crippen molar-refractivity contribution in [1.29, 1.82) is 0 Å². The molecule has 1 saturated heterocycles. The molecule has 0 aromatic heterocycles. The smallest absolute Gasteiger partial charge is 0.243 e. The highest BCUT2D eigenvalue weighted by atomic mass is 35.5. The average molecular weight is 478 g/mol. The van der Waals surface area contributed by atoms with E-state index in [1.807, 2.05) is 18.2 Å². The Balaban J connectivity index is 1.80. The highest BCUT2D eigenvalue weighted by Crippen LogP contribution is 2.22. The summed E-state index contributed by atoms with van der Waals surface area (Å²) in [6, 6.07) is 14.2. The molecular weight excluding hydrogens is 446 g/mol. The second kappa shape index (κ2) is 11.3. The largest absolute Gasteiger partial charge is 0.340 e. The normalized spacial score (nSPS) is 14.8. The molecule has 0 unspecified atom stereocenters. The fraction of sp³-hybridized carbons (Fsp3) is 0.458. The topological polar surface area (TPSA) is 69.7 Å². The molecule has 0 aliphatic carbocycles. The van der Waals surface area contributed by atoms with Crippen LogP contribution in [-0.2, 0) is 27.8 Å². The first-order valence-corrected chi connectivity index (χ1v) is 12.9. The van der Waals surface area contributed by atoms with Crippen LogP contribution < -0.4 is 5.32 Å². The minimum atomic E-state index is -3.78. The predicted octanol–water partition coefficient (Wildman–Crippen LogP) is 3.55. The first kappa shape index (κ1) is 24.7. The minimum Gasteiger partial charge on any atom is -0.340 e. The average Bonchev–Trinajstić information content (AvgIpc) is 2.77. The Kier molecular flexibility index (Phi) is 8.71. The van der Waals surface area contributed by atoms with Gasteiger partial charge >= 0.3 is 0 Å². The van der Waals surface area contributed by atoms with Crippen LogP contribution in [0, 0.1) is 5.92 Å². The van der Waals surface area contributed by atoms with Gasteiger partial charge in [0, 0.05) is 50.7 Å². The van der Waals surface area contributed by atoms with E-state index in [4.69, 9.17) is 11.6 Å². The summed E-state index contributed by atoms with van der Waals surface area (Å²) >= 11 is 6.11. The number of carbonyl (C=O) groups is 1. The Morgan fingerprint density at radius 2 is 1.78 bits per heavy atom. The van der Waals surface area contributed by atoms with Gasteiger partial charge in [0.1, 0.15) is 0 Å². The van der Waals surface area contributed by atoms with Crippen molar-refractivity contribution in [2.24, 2.45) is 5.92 Å². The summed E-state index contributed by atoms with van der Waals surface area (Å²) in [5.41, 5.74) is 1.89. The number of sulfonamides is 1. The summed E-state index contributed by atoms with van der Waals surface area (Å²) in [7, 11) is -3.78. The van der Waals surface area contributed by atoms with Crippen LogP contribution in [0.3, 0.4) is 0 Å². The number of nitrogens with zero attached hydrogens (tertiary/aromatic N) is 2. The summed E-state index contributed by atoms with van der Waals surface area (Å²) in [5, 5.41) is 3.77. The zero-order chi connectivity index (χ0) is 23.1. The molecule has 1 fully saturated rings. The van der Waals surface area contributed by atoms with Crippen molar-refractivity contribution in [1.82, 2.24) is 14.5 Å². The number of carbonyl (C=O) groups excluding carboxylic acids is 1. The lowest BCUT2D eigenvalue weighted by Crippen LogP contribution is -2.47. The number of benzene rings is 2. The molecule has 3 rings (SSSR count). The van der Waals surface area contributed by atoms with Gasteiger partial charge in [0.15, 0.2) is 0 Å². The first-order valence-electron chi connectivity index (χ1n) is 11.1. The van der Waals surface area contributed by atoms with E-state index in [-0.39, 0.29) is 30.3 Å². The van der Waals surface area contributed by atoms with Crippen molar-refractivity contribution in [3.05, 3.63) is 64.7 Å². The Hall–Kier alpha value is -1.93. The highest BCUT2D eigenvalue weighted by molar-refractivity contribution is 7.89. The lowest BCUT2D eigenvalue weighted by Gasteiger charge is -2.29. The SMILES string of the molecule is CC(C)Cc1ccc(S(=O)(=O)N(CCC(=O)N2CCNCC2)Cc2cccc(Cl)c2)cc1. The Bertz CT molecular complexity index is 1000. The van der Waals surface area contributed by atoms with Gasteiger partial charge in [-0.05, 0) is 47.7 Å². The standard InChI is InChI=1S/C24H32ClN3O3S/c1-19(2)16-20-6-8-23(9-7-20)32(30,31)28(18-21-4-3-5-22(25)17-21)13-10-24(29)27-14-11-26-12-15-27/h3-9,17,19,26H,10-16,18H2,1-2H3. The van der Waals surface area contributed by atoms with E-state index in [1.54, 1.807) is 35.2 Å². The molecule has 1 heterocycles. The van der Waals surface area contributed by atoms with Crippen LogP contribution in [0.2, 0.25) is 5.02 Å². The van der Waals surface area contributed by atoms with Gasteiger partial charge in [0.25, 0.3) is 0 Å². The van der Waals surface area contributed by atoms with Gasteiger partial charge in [-0.3, -0.25) is 4.79 Å². The number of rotatable bonds is 9. The molecule has 32 heavy (non-hydrogen) atoms. The molecular formula is C24H32ClN3O3S. The maximum absolute atomic E-state index is 13.5. The summed E-state index contributed by atoms with van der Waals surface area (Å²) in [5.74, 6) is 0.470. The molecule has 1 aliphatic rings. The lowest BCUT2D eigenvalue weighted by molar-refractivity contribution is -0.131. The predicted molar refractivity (Wildman–Crippen MR) is 128 cm³/mol. The molecule has 2 aromatic rings. The van der Waals surface area contributed by atoms with Gasteiger partial charge < -0.3 is 10.2 Å². The van der Waals surface area contributed by atoms with Crippen LogP contribution in [0.15, 0.2) is 53.4 Å². The van der Waals surface area contributed by atoms with Crippen LogP contribution in [0.5, 0.6) is 0 Å². The molecule has 1 N–H and O–H groups in total. The number of hydrogen-bond donors (Lipinski definition) is 1. The summed E-state index contributed by atoms with van der Waals surface area (Å²) < 4.78 is 28.4. The molecule has 174 valence electrons. The second-order valence-corrected chi connectivity index (χ2v) is 11.0. The Morgan fingerprint density at radius 1 is 1.09 bits per heavy atom. The van der Waals surface area contributed by atoms with Crippen LogP contribution in [0.4, 0.5) is 0 Å². The van der Waals surface area contributed by atoms with Gasteiger partial charge in [0.2, 0.25) is 15.9 Å². The van der Waals surface area contributed by atoms with Gasteiger partial charge in [-0.25, -0.2) is 8.42 Å². The summed E-state index contributed by atoms with van der Waals surface area (Å²) in [4.78, 5) is 14.7. The van der Waals surface area contributed by atoms with Crippen molar-refractivity contribution in [3.63, 3.8) is 0 Å². The lowest BCUT2D eigenvalue weighted by atomic mass is 10.0. The fourth-order valence-corrected chi connectivity index (χ4v) is 5.48. The first-order chi connectivity index (χ1) is 15.3. The zero-order valence-corrected chi connectivity index (χ0v) is 20.3. The van der Waals surface area contributed by atoms with E-state index in [1.165, 1.54) is 4.31 Å². The van der Waals surface area contributed by atoms with E-state index in [0.29, 0.717) is 24.0 Å². The van der Waals surface area contributed by atoms with Crippen molar-refractivity contribution in [3.8, 4) is 0 Å². The van der Waals surface area contributed by atoms with Crippen LogP contribution in [0.1, 0.15) is 31.4 Å². The van der Waals surface area contributed by atoms with Crippen molar-refractivity contribution in [2.45, 2.75) is 38.1 Å². The minimum absolute atomic E-state index is 0.0231. The van der Waals surface area contributed by atoms with Gasteiger partial charge in [-0.1, -0.05) is 49.7 Å². The Labute approximate surface area is 196 Å². The maximum atomic E-state index is 13.5. The fourth-order valence-electron chi connectivity index (χ4n) is 3.83. The molecule has 1 amide bonds. The van der Waals surface area contributed by atoms with Gasteiger partial charge in [-0.15, -0.1) is 0 Å². The summed E-state index contributed by atoms with van der Waals surface area (Å²) in [6.45, 7) is 7.36. The monoisotopic (exact) mass is 477 g/mol.